The van der Waals surface area contributed by atoms with Gasteiger partial charge in [-0.1, -0.05) is 23.7 Å². The van der Waals surface area contributed by atoms with Gasteiger partial charge < -0.3 is 15.8 Å². The number of rotatable bonds is 6. The number of aliphatic imine (C=N–C) groups is 1. The maximum atomic E-state index is 5.93. The van der Waals surface area contributed by atoms with Gasteiger partial charge in [-0.15, -0.1) is 0 Å². The molecule has 1 atom stereocenters. The summed E-state index contributed by atoms with van der Waals surface area (Å²) < 4.78 is 5.06. The summed E-state index contributed by atoms with van der Waals surface area (Å²) >= 11 is 5.93. The van der Waals surface area contributed by atoms with E-state index in [4.69, 9.17) is 22.1 Å². The highest BCUT2D eigenvalue weighted by Crippen LogP contribution is 2.48. The summed E-state index contributed by atoms with van der Waals surface area (Å²) in [5, 5.41) is 3.89. The molecular weight excluding hydrogens is 274 g/mol. The maximum Gasteiger partial charge on any atom is 0.188 e. The van der Waals surface area contributed by atoms with E-state index in [0.717, 1.165) is 17.9 Å². The quantitative estimate of drug-likeness (QED) is 0.625. The number of halogens is 1. The average Bonchev–Trinajstić information content (AvgIpc) is 3.18. The van der Waals surface area contributed by atoms with Gasteiger partial charge in [0, 0.05) is 23.6 Å². The Kier molecular flexibility index (Phi) is 4.89. The smallest absolute Gasteiger partial charge is 0.188 e. The lowest BCUT2D eigenvalue weighted by Gasteiger charge is -2.16. The van der Waals surface area contributed by atoms with Gasteiger partial charge in [-0.3, -0.25) is 4.99 Å². The zero-order chi connectivity index (χ0) is 14.6. The molecule has 1 aliphatic rings. The van der Waals surface area contributed by atoms with E-state index in [0.29, 0.717) is 19.1 Å². The van der Waals surface area contributed by atoms with Crippen LogP contribution in [0.5, 0.6) is 0 Å². The lowest BCUT2D eigenvalue weighted by molar-refractivity contribution is 0.179. The number of methoxy groups -OCH3 is 1. The fourth-order valence-corrected chi connectivity index (χ4v) is 2.44. The molecule has 1 aromatic rings. The predicted octanol–water partition coefficient (Wildman–Crippen LogP) is 2.31. The van der Waals surface area contributed by atoms with Gasteiger partial charge in [0.05, 0.1) is 13.2 Å². The normalized spacial score (nSPS) is 18.6. The molecule has 0 amide bonds. The summed E-state index contributed by atoms with van der Waals surface area (Å²) in [6.07, 6.45) is 2.30. The van der Waals surface area contributed by atoms with Crippen molar-refractivity contribution in [3.8, 4) is 0 Å². The molecule has 0 aliphatic heterocycles. The summed E-state index contributed by atoms with van der Waals surface area (Å²) in [5.41, 5.74) is 7.35. The van der Waals surface area contributed by atoms with E-state index < -0.39 is 0 Å². The fourth-order valence-electron chi connectivity index (χ4n) is 2.32. The van der Waals surface area contributed by atoms with Crippen molar-refractivity contribution in [2.24, 2.45) is 10.7 Å². The van der Waals surface area contributed by atoms with E-state index in [-0.39, 0.29) is 11.5 Å². The van der Waals surface area contributed by atoms with Crippen LogP contribution in [0.1, 0.15) is 25.3 Å². The van der Waals surface area contributed by atoms with Crippen LogP contribution in [-0.2, 0) is 10.2 Å². The van der Waals surface area contributed by atoms with Crippen molar-refractivity contribution in [3.63, 3.8) is 0 Å². The van der Waals surface area contributed by atoms with Crippen LogP contribution in [0.3, 0.4) is 0 Å². The van der Waals surface area contributed by atoms with Crippen molar-refractivity contribution >= 4 is 17.6 Å². The molecule has 0 spiro atoms. The average molecular weight is 296 g/mol. The third-order valence-corrected chi connectivity index (χ3v) is 3.93. The van der Waals surface area contributed by atoms with Crippen molar-refractivity contribution in [2.45, 2.75) is 31.2 Å². The van der Waals surface area contributed by atoms with Crippen molar-refractivity contribution < 1.29 is 4.74 Å². The van der Waals surface area contributed by atoms with Crippen molar-refractivity contribution in [1.82, 2.24) is 5.32 Å². The number of hydrogen-bond donors (Lipinski definition) is 2. The standard InChI is InChI=1S/C15H22ClN3O/c1-11(9-20-2)19-14(17)18-10-15(7-8-15)12-3-5-13(16)6-4-12/h3-6,11H,7-10H2,1-2H3,(H3,17,18,19). The SMILES string of the molecule is COCC(C)NC(N)=NCC1(c2ccc(Cl)cc2)CC1. The first-order valence-corrected chi connectivity index (χ1v) is 7.25. The van der Waals surface area contributed by atoms with E-state index in [1.165, 1.54) is 5.56 Å². The highest BCUT2D eigenvalue weighted by atomic mass is 35.5. The number of hydrogen-bond acceptors (Lipinski definition) is 2. The number of ether oxygens (including phenoxy) is 1. The van der Waals surface area contributed by atoms with Crippen LogP contribution in [0.25, 0.3) is 0 Å². The molecule has 0 radical (unpaired) electrons. The number of guanidine groups is 1. The molecule has 0 bridgehead atoms. The maximum absolute atomic E-state index is 5.93. The van der Waals surface area contributed by atoms with Gasteiger partial charge in [-0.25, -0.2) is 0 Å². The Bertz CT molecular complexity index is 469. The Morgan fingerprint density at radius 2 is 2.10 bits per heavy atom. The largest absolute Gasteiger partial charge is 0.383 e. The van der Waals surface area contributed by atoms with E-state index in [9.17, 15) is 0 Å². The van der Waals surface area contributed by atoms with Crippen LogP contribution in [0.15, 0.2) is 29.3 Å². The molecule has 1 unspecified atom stereocenters. The van der Waals surface area contributed by atoms with Gasteiger partial charge in [0.1, 0.15) is 0 Å². The Morgan fingerprint density at radius 1 is 1.45 bits per heavy atom. The molecule has 0 saturated heterocycles. The van der Waals surface area contributed by atoms with Gasteiger partial charge >= 0.3 is 0 Å². The molecule has 1 saturated carbocycles. The second-order valence-electron chi connectivity index (χ2n) is 5.49. The van der Waals surface area contributed by atoms with Crippen LogP contribution in [0.2, 0.25) is 5.02 Å². The minimum Gasteiger partial charge on any atom is -0.383 e. The third kappa shape index (κ3) is 3.87. The number of nitrogens with zero attached hydrogens (tertiary/aromatic N) is 1. The molecular formula is C15H22ClN3O. The first kappa shape index (κ1) is 15.1. The van der Waals surface area contributed by atoms with Crippen LogP contribution in [0.4, 0.5) is 0 Å². The molecule has 1 fully saturated rings. The van der Waals surface area contributed by atoms with E-state index in [2.05, 4.69) is 22.4 Å². The van der Waals surface area contributed by atoms with Gasteiger partial charge in [-0.2, -0.15) is 0 Å². The van der Waals surface area contributed by atoms with Crippen molar-refractivity contribution in [3.05, 3.63) is 34.9 Å². The minimum absolute atomic E-state index is 0.154. The van der Waals surface area contributed by atoms with E-state index in [1.807, 2.05) is 19.1 Å². The zero-order valence-corrected chi connectivity index (χ0v) is 12.8. The number of nitrogens with one attached hydrogen (secondary N) is 1. The van der Waals surface area contributed by atoms with Crippen LogP contribution in [0, 0.1) is 0 Å². The first-order chi connectivity index (χ1) is 9.55. The molecule has 4 nitrogen and oxygen atoms in total. The summed E-state index contributed by atoms with van der Waals surface area (Å²) in [4.78, 5) is 4.47. The van der Waals surface area contributed by atoms with Crippen LogP contribution < -0.4 is 11.1 Å². The highest BCUT2D eigenvalue weighted by molar-refractivity contribution is 6.30. The van der Waals surface area contributed by atoms with Crippen LogP contribution in [-0.4, -0.2) is 32.3 Å². The second kappa shape index (κ2) is 6.46. The monoisotopic (exact) mass is 295 g/mol. The number of nitrogens with two attached hydrogens (primary N) is 1. The van der Waals surface area contributed by atoms with E-state index >= 15 is 0 Å². The lowest BCUT2D eigenvalue weighted by Crippen LogP contribution is -2.41. The Morgan fingerprint density at radius 3 is 2.65 bits per heavy atom. The molecule has 2 rings (SSSR count). The van der Waals surface area contributed by atoms with Gasteiger partial charge in [0.15, 0.2) is 5.96 Å². The second-order valence-corrected chi connectivity index (χ2v) is 5.93. The molecule has 1 aliphatic carbocycles. The Balaban J connectivity index is 1.94. The molecule has 0 heterocycles. The highest BCUT2D eigenvalue weighted by Gasteiger charge is 2.44. The van der Waals surface area contributed by atoms with Gasteiger partial charge in [-0.05, 0) is 37.5 Å². The molecule has 0 aromatic heterocycles. The van der Waals surface area contributed by atoms with Crippen molar-refractivity contribution in [1.29, 1.82) is 0 Å². The first-order valence-electron chi connectivity index (χ1n) is 6.87. The number of benzene rings is 1. The summed E-state index contributed by atoms with van der Waals surface area (Å²) in [6.45, 7) is 3.34. The minimum atomic E-state index is 0.154. The lowest BCUT2D eigenvalue weighted by atomic mass is 9.96. The third-order valence-electron chi connectivity index (χ3n) is 3.67. The Labute approximate surface area is 125 Å². The summed E-state index contributed by atoms with van der Waals surface area (Å²) in [7, 11) is 1.67. The van der Waals surface area contributed by atoms with Gasteiger partial charge in [0.2, 0.25) is 0 Å². The molecule has 1 aromatic carbocycles. The molecule has 5 heteroatoms. The Hall–Kier alpha value is -1.26. The molecule has 20 heavy (non-hydrogen) atoms. The fraction of sp³-hybridized carbons (Fsp3) is 0.533. The molecule has 110 valence electrons. The molecule has 3 N–H and O–H groups in total. The van der Waals surface area contributed by atoms with E-state index in [1.54, 1.807) is 7.11 Å². The van der Waals surface area contributed by atoms with Crippen LogP contribution >= 0.6 is 11.6 Å². The zero-order valence-electron chi connectivity index (χ0n) is 12.0. The predicted molar refractivity (Wildman–Crippen MR) is 83.3 cm³/mol. The summed E-state index contributed by atoms with van der Waals surface area (Å²) in [5.74, 6) is 0.481. The summed E-state index contributed by atoms with van der Waals surface area (Å²) in [6, 6.07) is 8.20. The topological polar surface area (TPSA) is 59.6 Å². The van der Waals surface area contributed by atoms with Crippen molar-refractivity contribution in [2.75, 3.05) is 20.3 Å². The van der Waals surface area contributed by atoms with Gasteiger partial charge in [0.25, 0.3) is 0 Å².